The first-order valence-corrected chi connectivity index (χ1v) is 10.5. The lowest BCUT2D eigenvalue weighted by molar-refractivity contribution is -0.389. The lowest BCUT2D eigenvalue weighted by atomic mass is 10.1. The average Bonchev–Trinajstić information content (AvgIpc) is 3.17. The molecule has 1 N–H and O–H groups in total. The van der Waals surface area contributed by atoms with Crippen LogP contribution in [0.4, 0.5) is 10.8 Å². The SMILES string of the molecule is CCCOC(=O)c1c(NC(=O)Cn2nc([N+](=O)[O-])c(Cl)c2C)sc(C(=O)OCC)c1C. The number of hydrogen-bond acceptors (Lipinski definition) is 9. The molecule has 11 nitrogen and oxygen atoms in total. The molecule has 0 aliphatic carbocycles. The summed E-state index contributed by atoms with van der Waals surface area (Å²) in [5, 5.41) is 17.2. The van der Waals surface area contributed by atoms with Crippen molar-refractivity contribution in [3.63, 3.8) is 0 Å². The highest BCUT2D eigenvalue weighted by molar-refractivity contribution is 7.18. The molecule has 0 unspecified atom stereocenters. The highest BCUT2D eigenvalue weighted by Gasteiger charge is 2.29. The smallest absolute Gasteiger partial charge is 0.408 e. The zero-order chi connectivity index (χ0) is 23.3. The van der Waals surface area contributed by atoms with Gasteiger partial charge in [-0.1, -0.05) is 18.5 Å². The number of thiophene rings is 1. The minimum absolute atomic E-state index is 0.0519. The van der Waals surface area contributed by atoms with Gasteiger partial charge < -0.3 is 24.9 Å². The molecule has 0 radical (unpaired) electrons. The van der Waals surface area contributed by atoms with Gasteiger partial charge in [0.15, 0.2) is 5.02 Å². The maximum atomic E-state index is 12.6. The zero-order valence-corrected chi connectivity index (χ0v) is 18.9. The van der Waals surface area contributed by atoms with E-state index >= 15 is 0 Å². The van der Waals surface area contributed by atoms with Crippen LogP contribution in [0.1, 0.15) is 51.6 Å². The van der Waals surface area contributed by atoms with Gasteiger partial charge in [-0.2, -0.15) is 4.68 Å². The second-order valence-electron chi connectivity index (χ2n) is 6.30. The van der Waals surface area contributed by atoms with Crippen LogP contribution in [-0.2, 0) is 20.8 Å². The van der Waals surface area contributed by atoms with E-state index in [1.165, 1.54) is 6.92 Å². The largest absolute Gasteiger partial charge is 0.462 e. The van der Waals surface area contributed by atoms with E-state index in [-0.39, 0.29) is 39.4 Å². The molecule has 1 amide bonds. The van der Waals surface area contributed by atoms with Crippen LogP contribution >= 0.6 is 22.9 Å². The highest BCUT2D eigenvalue weighted by Crippen LogP contribution is 2.34. The minimum Gasteiger partial charge on any atom is -0.462 e. The molecule has 0 fully saturated rings. The Hall–Kier alpha value is -2.99. The fraction of sp³-hybridized carbons (Fsp3) is 0.444. The first-order chi connectivity index (χ1) is 14.6. The standard InChI is InChI=1S/C18H21ClN4O7S/c1-5-7-30-17(25)12-9(3)14(18(26)29-6-2)31-16(12)20-11(24)8-22-10(4)13(19)15(21-22)23(27)28/h5-8H2,1-4H3,(H,20,24). The molecular weight excluding hydrogens is 452 g/mol. The zero-order valence-electron chi connectivity index (χ0n) is 17.3. The third-order valence-electron chi connectivity index (χ3n) is 4.08. The Balaban J connectivity index is 2.34. The number of hydrogen-bond donors (Lipinski definition) is 1. The number of esters is 2. The number of rotatable bonds is 9. The number of nitrogens with zero attached hydrogens (tertiary/aromatic N) is 3. The Labute approximate surface area is 186 Å². The van der Waals surface area contributed by atoms with Gasteiger partial charge in [0.25, 0.3) is 0 Å². The number of halogens is 1. The summed E-state index contributed by atoms with van der Waals surface area (Å²) in [5.41, 5.74) is 0.616. The number of aromatic nitrogens is 2. The maximum Gasteiger partial charge on any atom is 0.408 e. The van der Waals surface area contributed by atoms with Crippen LogP contribution in [0.15, 0.2) is 0 Å². The maximum absolute atomic E-state index is 12.6. The quantitative estimate of drug-likeness (QED) is 0.332. The number of carbonyl (C=O) groups excluding carboxylic acids is 3. The summed E-state index contributed by atoms with van der Waals surface area (Å²) in [6.45, 7) is 6.44. The number of anilines is 1. The summed E-state index contributed by atoms with van der Waals surface area (Å²) in [6.07, 6.45) is 0.597. The Kier molecular flexibility index (Phi) is 8.11. The van der Waals surface area contributed by atoms with E-state index in [4.69, 9.17) is 21.1 Å². The van der Waals surface area contributed by atoms with Crippen molar-refractivity contribution in [2.75, 3.05) is 18.5 Å². The fourth-order valence-corrected chi connectivity index (χ4v) is 3.90. The Morgan fingerprint density at radius 3 is 2.45 bits per heavy atom. The van der Waals surface area contributed by atoms with Gasteiger partial charge in [-0.25, -0.2) is 9.59 Å². The van der Waals surface area contributed by atoms with Crippen molar-refractivity contribution in [2.45, 2.75) is 40.7 Å². The molecule has 0 bridgehead atoms. The fourth-order valence-electron chi connectivity index (χ4n) is 2.59. The van der Waals surface area contributed by atoms with E-state index in [2.05, 4.69) is 10.4 Å². The van der Waals surface area contributed by atoms with Crippen LogP contribution in [0, 0.1) is 24.0 Å². The van der Waals surface area contributed by atoms with Crippen molar-refractivity contribution in [3.05, 3.63) is 36.8 Å². The molecule has 0 atom stereocenters. The van der Waals surface area contributed by atoms with Gasteiger partial charge in [-0.3, -0.25) is 4.79 Å². The molecule has 2 heterocycles. The van der Waals surface area contributed by atoms with Crippen molar-refractivity contribution >= 4 is 51.6 Å². The van der Waals surface area contributed by atoms with E-state index in [9.17, 15) is 24.5 Å². The van der Waals surface area contributed by atoms with Crippen LogP contribution in [0.25, 0.3) is 0 Å². The molecule has 31 heavy (non-hydrogen) atoms. The molecule has 2 rings (SSSR count). The molecule has 0 aliphatic rings. The minimum atomic E-state index is -0.750. The first kappa shape index (κ1) is 24.3. The van der Waals surface area contributed by atoms with Crippen LogP contribution < -0.4 is 5.32 Å². The van der Waals surface area contributed by atoms with Crippen molar-refractivity contribution in [1.82, 2.24) is 9.78 Å². The van der Waals surface area contributed by atoms with Crippen molar-refractivity contribution in [3.8, 4) is 0 Å². The molecule has 2 aromatic rings. The molecule has 0 aliphatic heterocycles. The Bertz CT molecular complexity index is 1030. The predicted octanol–water partition coefficient (Wildman–Crippen LogP) is 3.51. The second-order valence-corrected chi connectivity index (χ2v) is 7.70. The van der Waals surface area contributed by atoms with Gasteiger partial charge in [-0.05, 0) is 37.7 Å². The number of carbonyl (C=O) groups is 3. The molecule has 0 saturated carbocycles. The van der Waals surface area contributed by atoms with Crippen molar-refractivity contribution in [1.29, 1.82) is 0 Å². The molecule has 0 aromatic carbocycles. The normalized spacial score (nSPS) is 10.6. The molecular formula is C18H21ClN4O7S. The van der Waals surface area contributed by atoms with E-state index in [0.717, 1.165) is 16.0 Å². The van der Waals surface area contributed by atoms with Crippen molar-refractivity contribution in [2.24, 2.45) is 0 Å². The van der Waals surface area contributed by atoms with Gasteiger partial charge in [-0.15, -0.1) is 11.3 Å². The second kappa shape index (κ2) is 10.4. The van der Waals surface area contributed by atoms with Crippen LogP contribution in [0.3, 0.4) is 0 Å². The lowest BCUT2D eigenvalue weighted by Crippen LogP contribution is -2.21. The molecule has 0 spiro atoms. The van der Waals surface area contributed by atoms with E-state index < -0.39 is 35.1 Å². The Morgan fingerprint density at radius 2 is 1.90 bits per heavy atom. The third kappa shape index (κ3) is 5.39. The number of amides is 1. The summed E-state index contributed by atoms with van der Waals surface area (Å²) >= 11 is 6.77. The van der Waals surface area contributed by atoms with E-state index in [0.29, 0.717) is 12.0 Å². The first-order valence-electron chi connectivity index (χ1n) is 9.27. The molecule has 2 aromatic heterocycles. The summed E-state index contributed by atoms with van der Waals surface area (Å²) in [6, 6.07) is 0. The van der Waals surface area contributed by atoms with E-state index in [1.54, 1.807) is 13.8 Å². The van der Waals surface area contributed by atoms with Gasteiger partial charge in [0, 0.05) is 0 Å². The summed E-state index contributed by atoms with van der Waals surface area (Å²) in [5.74, 6) is -2.50. The van der Waals surface area contributed by atoms with E-state index in [1.807, 2.05) is 6.92 Å². The third-order valence-corrected chi connectivity index (χ3v) is 5.71. The topological polar surface area (TPSA) is 143 Å². The summed E-state index contributed by atoms with van der Waals surface area (Å²) < 4.78 is 11.3. The summed E-state index contributed by atoms with van der Waals surface area (Å²) in [7, 11) is 0. The lowest BCUT2D eigenvalue weighted by Gasteiger charge is -2.07. The van der Waals surface area contributed by atoms with Crippen LogP contribution in [-0.4, -0.2) is 45.8 Å². The van der Waals surface area contributed by atoms with Gasteiger partial charge >= 0.3 is 17.8 Å². The Morgan fingerprint density at radius 1 is 1.23 bits per heavy atom. The summed E-state index contributed by atoms with van der Waals surface area (Å²) in [4.78, 5) is 47.7. The van der Waals surface area contributed by atoms with Gasteiger partial charge in [0.05, 0.1) is 29.6 Å². The average molecular weight is 473 g/mol. The number of ether oxygens (including phenoxy) is 2. The van der Waals surface area contributed by atoms with Gasteiger partial charge in [0.2, 0.25) is 5.91 Å². The number of nitro groups is 1. The molecule has 168 valence electrons. The van der Waals surface area contributed by atoms with Gasteiger partial charge in [0.1, 0.15) is 16.4 Å². The monoisotopic (exact) mass is 472 g/mol. The highest BCUT2D eigenvalue weighted by atomic mass is 35.5. The van der Waals surface area contributed by atoms with Crippen LogP contribution in [0.5, 0.6) is 0 Å². The molecule has 0 saturated heterocycles. The van der Waals surface area contributed by atoms with Crippen molar-refractivity contribution < 1.29 is 28.8 Å². The number of nitrogens with one attached hydrogen (secondary N) is 1. The van der Waals surface area contributed by atoms with Crippen LogP contribution in [0.2, 0.25) is 5.02 Å². The molecule has 13 heteroatoms. The predicted molar refractivity (Wildman–Crippen MR) is 113 cm³/mol.